The quantitative estimate of drug-likeness (QED) is 0.833. The molecule has 0 saturated carbocycles. The highest BCUT2D eigenvalue weighted by Gasteiger charge is 2.23. The average molecular weight is 299 g/mol. The normalized spacial score (nSPS) is 13.8. The Hall–Kier alpha value is -1.40. The van der Waals surface area contributed by atoms with Gasteiger partial charge in [-0.3, -0.25) is 4.79 Å². The molecule has 1 aromatic carbocycles. The van der Waals surface area contributed by atoms with Crippen molar-refractivity contribution in [3.8, 4) is 0 Å². The van der Waals surface area contributed by atoms with Crippen molar-refractivity contribution in [3.05, 3.63) is 30.3 Å². The zero-order valence-electron chi connectivity index (χ0n) is 12.0. The van der Waals surface area contributed by atoms with Crippen molar-refractivity contribution in [2.75, 3.05) is 5.75 Å². The highest BCUT2D eigenvalue weighted by Crippen LogP contribution is 2.13. The minimum atomic E-state index is -3.48. The van der Waals surface area contributed by atoms with Gasteiger partial charge in [0.15, 0.2) is 9.84 Å². The summed E-state index contributed by atoms with van der Waals surface area (Å²) in [6.07, 6.45) is -0.122. The molecule has 1 aromatic rings. The maximum atomic E-state index is 12.1. The number of carbonyl (C=O) groups excluding carboxylic acids is 1. The first-order valence-corrected chi connectivity index (χ1v) is 8.00. The van der Waals surface area contributed by atoms with E-state index in [9.17, 15) is 13.2 Å². The van der Waals surface area contributed by atoms with Gasteiger partial charge in [0.2, 0.25) is 0 Å². The van der Waals surface area contributed by atoms with Gasteiger partial charge in [0.25, 0.3) is 0 Å². The van der Waals surface area contributed by atoms with Crippen LogP contribution in [-0.4, -0.2) is 31.8 Å². The topological polar surface area (TPSA) is 86.5 Å². The van der Waals surface area contributed by atoms with Crippen molar-refractivity contribution < 1.29 is 17.9 Å². The number of sulfone groups is 1. The molecule has 0 fully saturated rings. The van der Waals surface area contributed by atoms with Crippen LogP contribution in [0.5, 0.6) is 0 Å². The molecule has 2 N–H and O–H groups in total. The number of esters is 1. The van der Waals surface area contributed by atoms with Gasteiger partial charge in [-0.15, -0.1) is 0 Å². The third-order valence-electron chi connectivity index (χ3n) is 2.38. The molecule has 0 bridgehead atoms. The van der Waals surface area contributed by atoms with Crippen LogP contribution < -0.4 is 5.73 Å². The van der Waals surface area contributed by atoms with Crippen LogP contribution in [0.3, 0.4) is 0 Å². The lowest BCUT2D eigenvalue weighted by molar-refractivity contribution is -0.155. The van der Waals surface area contributed by atoms with Crippen molar-refractivity contribution in [3.63, 3.8) is 0 Å². The van der Waals surface area contributed by atoms with Gasteiger partial charge < -0.3 is 10.5 Å². The van der Waals surface area contributed by atoms with Crippen molar-refractivity contribution in [2.45, 2.75) is 43.7 Å². The third-order valence-corrected chi connectivity index (χ3v) is 4.24. The number of nitrogens with two attached hydrogens (primary N) is 1. The average Bonchev–Trinajstić information content (AvgIpc) is 2.26. The van der Waals surface area contributed by atoms with Gasteiger partial charge in [0.05, 0.1) is 17.1 Å². The summed E-state index contributed by atoms with van der Waals surface area (Å²) >= 11 is 0. The second-order valence-corrected chi connectivity index (χ2v) is 7.68. The molecule has 0 aliphatic heterocycles. The Balaban J connectivity index is 2.63. The first-order chi connectivity index (χ1) is 9.10. The Morgan fingerprint density at radius 2 is 1.80 bits per heavy atom. The smallest absolute Gasteiger partial charge is 0.307 e. The van der Waals surface area contributed by atoms with E-state index in [1.165, 1.54) is 12.1 Å². The molecule has 0 heterocycles. The molecular formula is C14H21NO4S. The molecule has 0 aliphatic rings. The standard InChI is InChI=1S/C14H21NO4S/c1-14(2,3)19-13(16)9-11(15)10-20(17,18)12-7-5-4-6-8-12/h4-8,11H,9-10,15H2,1-3H3/t11-/m0/s1. The van der Waals surface area contributed by atoms with Gasteiger partial charge in [-0.25, -0.2) is 8.42 Å². The van der Waals surface area contributed by atoms with E-state index in [2.05, 4.69) is 0 Å². The summed E-state index contributed by atoms with van der Waals surface area (Å²) in [6, 6.07) is 7.26. The summed E-state index contributed by atoms with van der Waals surface area (Å²) in [6.45, 7) is 5.24. The molecule has 0 spiro atoms. The minimum Gasteiger partial charge on any atom is -0.460 e. The van der Waals surface area contributed by atoms with E-state index in [0.717, 1.165) is 0 Å². The number of ether oxygens (including phenoxy) is 1. The largest absolute Gasteiger partial charge is 0.460 e. The van der Waals surface area contributed by atoms with Crippen LogP contribution in [0.15, 0.2) is 35.2 Å². The highest BCUT2D eigenvalue weighted by molar-refractivity contribution is 7.91. The predicted molar refractivity (Wildman–Crippen MR) is 76.9 cm³/mol. The summed E-state index contributed by atoms with van der Waals surface area (Å²) in [7, 11) is -3.48. The van der Waals surface area contributed by atoms with Crippen molar-refractivity contribution in [1.29, 1.82) is 0 Å². The van der Waals surface area contributed by atoms with Gasteiger partial charge in [0.1, 0.15) is 5.60 Å². The Kier molecular flexibility index (Phi) is 5.30. The highest BCUT2D eigenvalue weighted by atomic mass is 32.2. The van der Waals surface area contributed by atoms with Crippen LogP contribution in [0.1, 0.15) is 27.2 Å². The van der Waals surface area contributed by atoms with Crippen molar-refractivity contribution in [1.82, 2.24) is 0 Å². The molecule has 0 unspecified atom stereocenters. The van der Waals surface area contributed by atoms with Crippen LogP contribution in [0.25, 0.3) is 0 Å². The molecule has 0 aromatic heterocycles. The maximum absolute atomic E-state index is 12.1. The molecule has 6 heteroatoms. The van der Waals surface area contributed by atoms with E-state index in [0.29, 0.717) is 0 Å². The van der Waals surface area contributed by atoms with Gasteiger partial charge in [-0.1, -0.05) is 18.2 Å². The number of hydrogen-bond acceptors (Lipinski definition) is 5. The number of hydrogen-bond donors (Lipinski definition) is 1. The van der Waals surface area contributed by atoms with E-state index in [4.69, 9.17) is 10.5 Å². The zero-order chi connectivity index (χ0) is 15.4. The summed E-state index contributed by atoms with van der Waals surface area (Å²) in [5, 5.41) is 0. The zero-order valence-corrected chi connectivity index (χ0v) is 12.8. The maximum Gasteiger partial charge on any atom is 0.307 e. The van der Waals surface area contributed by atoms with Crippen molar-refractivity contribution in [2.24, 2.45) is 5.73 Å². The molecule has 0 radical (unpaired) electrons. The second kappa shape index (κ2) is 6.37. The van der Waals surface area contributed by atoms with Gasteiger partial charge in [-0.05, 0) is 32.9 Å². The molecular weight excluding hydrogens is 278 g/mol. The van der Waals surface area contributed by atoms with E-state index in [1.807, 2.05) is 0 Å². The first kappa shape index (κ1) is 16.7. The molecule has 1 atom stereocenters. The predicted octanol–water partition coefficient (Wildman–Crippen LogP) is 1.52. The van der Waals surface area contributed by atoms with Crippen LogP contribution in [0.2, 0.25) is 0 Å². The fourth-order valence-corrected chi connectivity index (χ4v) is 3.11. The molecule has 0 aliphatic carbocycles. The number of carbonyl (C=O) groups is 1. The van der Waals surface area contributed by atoms with E-state index < -0.39 is 27.4 Å². The Morgan fingerprint density at radius 1 is 1.25 bits per heavy atom. The van der Waals surface area contributed by atoms with E-state index in [-0.39, 0.29) is 17.1 Å². The van der Waals surface area contributed by atoms with Gasteiger partial charge in [-0.2, -0.15) is 0 Å². The molecule has 1 rings (SSSR count). The molecule has 5 nitrogen and oxygen atoms in total. The summed E-state index contributed by atoms with van der Waals surface area (Å²) < 4.78 is 29.3. The first-order valence-electron chi connectivity index (χ1n) is 6.35. The van der Waals surface area contributed by atoms with Crippen LogP contribution in [0.4, 0.5) is 0 Å². The minimum absolute atomic E-state index is 0.122. The Bertz CT molecular complexity index is 546. The number of benzene rings is 1. The third kappa shape index (κ3) is 5.71. The molecule has 20 heavy (non-hydrogen) atoms. The summed E-state index contributed by atoms with van der Waals surface area (Å²) in [4.78, 5) is 11.8. The van der Waals surface area contributed by atoms with E-state index >= 15 is 0 Å². The number of rotatable bonds is 5. The van der Waals surface area contributed by atoms with Crippen LogP contribution in [0, 0.1) is 0 Å². The molecule has 0 amide bonds. The summed E-state index contributed by atoms with van der Waals surface area (Å²) in [5.41, 5.74) is 5.13. The molecule has 0 saturated heterocycles. The van der Waals surface area contributed by atoms with Crippen molar-refractivity contribution >= 4 is 15.8 Å². The fourth-order valence-electron chi connectivity index (χ4n) is 1.66. The van der Waals surface area contributed by atoms with Gasteiger partial charge >= 0.3 is 5.97 Å². The Labute approximate surface area is 120 Å². The van der Waals surface area contributed by atoms with Crippen LogP contribution in [-0.2, 0) is 19.4 Å². The second-order valence-electron chi connectivity index (χ2n) is 5.65. The van der Waals surface area contributed by atoms with E-state index in [1.54, 1.807) is 39.0 Å². The van der Waals surface area contributed by atoms with Crippen LogP contribution >= 0.6 is 0 Å². The summed E-state index contributed by atoms with van der Waals surface area (Å²) in [5.74, 6) is -0.774. The lowest BCUT2D eigenvalue weighted by atomic mass is 10.2. The van der Waals surface area contributed by atoms with Gasteiger partial charge in [0, 0.05) is 6.04 Å². The molecule has 112 valence electrons. The SMILES string of the molecule is CC(C)(C)OC(=O)C[C@H](N)CS(=O)(=O)c1ccccc1. The lowest BCUT2D eigenvalue weighted by Gasteiger charge is -2.20. The fraction of sp³-hybridized carbons (Fsp3) is 0.500. The monoisotopic (exact) mass is 299 g/mol. The lowest BCUT2D eigenvalue weighted by Crippen LogP contribution is -2.34. The Morgan fingerprint density at radius 3 is 2.30 bits per heavy atom.